The summed E-state index contributed by atoms with van der Waals surface area (Å²) in [6.07, 6.45) is -4.43. The minimum atomic E-state index is -4.43. The molecule has 1 N–H and O–H groups in total. The lowest BCUT2D eigenvalue weighted by molar-refractivity contribution is -0.153. The fourth-order valence-corrected chi connectivity index (χ4v) is 2.46. The molecular formula is C14H12F3NO2S. The molecule has 1 heterocycles. The van der Waals surface area contributed by atoms with Gasteiger partial charge in [0.25, 0.3) is 5.91 Å². The van der Waals surface area contributed by atoms with Crippen LogP contribution < -0.4 is 10.1 Å². The number of carbonyl (C=O) groups excluding carboxylic acids is 1. The molecule has 1 aromatic heterocycles. The maximum absolute atomic E-state index is 12.2. The SMILES string of the molecule is Cc1ccsc1C(=O)Nc1ccccc1OCC(F)(F)F. The molecule has 0 spiro atoms. The number of nitrogens with one attached hydrogen (secondary N) is 1. The first-order valence-corrected chi connectivity index (χ1v) is 6.89. The van der Waals surface area contributed by atoms with Gasteiger partial charge in [0.05, 0.1) is 10.6 Å². The van der Waals surface area contributed by atoms with Crippen LogP contribution in [-0.2, 0) is 0 Å². The van der Waals surface area contributed by atoms with E-state index in [0.29, 0.717) is 4.88 Å². The Balaban J connectivity index is 2.13. The highest BCUT2D eigenvalue weighted by Crippen LogP contribution is 2.27. The van der Waals surface area contributed by atoms with E-state index >= 15 is 0 Å². The number of hydrogen-bond acceptors (Lipinski definition) is 3. The Labute approximate surface area is 123 Å². The van der Waals surface area contributed by atoms with Gasteiger partial charge in [0.1, 0.15) is 5.75 Å². The molecule has 0 saturated heterocycles. The largest absolute Gasteiger partial charge is 0.482 e. The normalized spacial score (nSPS) is 11.2. The first kappa shape index (κ1) is 15.4. The van der Waals surface area contributed by atoms with Gasteiger partial charge in [0.2, 0.25) is 0 Å². The van der Waals surface area contributed by atoms with Crippen molar-refractivity contribution in [2.45, 2.75) is 13.1 Å². The summed E-state index contributed by atoms with van der Waals surface area (Å²) >= 11 is 1.27. The predicted octanol–water partition coefficient (Wildman–Crippen LogP) is 4.25. The van der Waals surface area contributed by atoms with Crippen molar-refractivity contribution in [3.63, 3.8) is 0 Å². The topological polar surface area (TPSA) is 38.3 Å². The molecule has 0 aliphatic heterocycles. The molecule has 0 bridgehead atoms. The summed E-state index contributed by atoms with van der Waals surface area (Å²) in [7, 11) is 0. The maximum atomic E-state index is 12.2. The van der Waals surface area contributed by atoms with Gasteiger partial charge in [-0.15, -0.1) is 11.3 Å². The predicted molar refractivity (Wildman–Crippen MR) is 75.0 cm³/mol. The molecule has 0 radical (unpaired) electrons. The molecule has 0 unspecified atom stereocenters. The summed E-state index contributed by atoms with van der Waals surface area (Å²) in [5, 5.41) is 4.34. The van der Waals surface area contributed by atoms with Crippen molar-refractivity contribution in [2.75, 3.05) is 11.9 Å². The number of ether oxygens (including phenoxy) is 1. The molecule has 3 nitrogen and oxygen atoms in total. The Morgan fingerprint density at radius 3 is 2.62 bits per heavy atom. The van der Waals surface area contributed by atoms with Crippen LogP contribution in [0.5, 0.6) is 5.75 Å². The van der Waals surface area contributed by atoms with Crippen LogP contribution in [0.25, 0.3) is 0 Å². The van der Waals surface area contributed by atoms with Crippen LogP contribution in [0.3, 0.4) is 0 Å². The van der Waals surface area contributed by atoms with Gasteiger partial charge >= 0.3 is 6.18 Å². The summed E-state index contributed by atoms with van der Waals surface area (Å²) in [4.78, 5) is 12.6. The summed E-state index contributed by atoms with van der Waals surface area (Å²) < 4.78 is 41.3. The van der Waals surface area contributed by atoms with Crippen LogP contribution in [-0.4, -0.2) is 18.7 Å². The van der Waals surface area contributed by atoms with Crippen molar-refractivity contribution in [1.82, 2.24) is 0 Å². The van der Waals surface area contributed by atoms with Crippen molar-refractivity contribution >= 4 is 22.9 Å². The van der Waals surface area contributed by atoms with Crippen molar-refractivity contribution < 1.29 is 22.7 Å². The van der Waals surface area contributed by atoms with E-state index in [2.05, 4.69) is 5.32 Å². The fraction of sp³-hybridized carbons (Fsp3) is 0.214. The van der Waals surface area contributed by atoms with E-state index in [-0.39, 0.29) is 17.3 Å². The Hall–Kier alpha value is -2.02. The molecule has 7 heteroatoms. The molecule has 2 aromatic rings. The lowest BCUT2D eigenvalue weighted by atomic mass is 10.2. The first-order chi connectivity index (χ1) is 9.87. The second-order valence-corrected chi connectivity index (χ2v) is 5.20. The van der Waals surface area contributed by atoms with Gasteiger partial charge < -0.3 is 10.1 Å². The molecule has 0 saturated carbocycles. The van der Waals surface area contributed by atoms with Gasteiger partial charge in [0, 0.05) is 0 Å². The summed E-state index contributed by atoms with van der Waals surface area (Å²) in [6, 6.07) is 7.82. The van der Waals surface area contributed by atoms with Crippen LogP contribution in [0.15, 0.2) is 35.7 Å². The number of para-hydroxylation sites is 2. The minimum absolute atomic E-state index is 0.0163. The minimum Gasteiger partial charge on any atom is -0.482 e. The standard InChI is InChI=1S/C14H12F3NO2S/c1-9-6-7-21-12(9)13(19)18-10-4-2-3-5-11(10)20-8-14(15,16)17/h2-7H,8H2,1H3,(H,18,19). The fourth-order valence-electron chi connectivity index (χ4n) is 1.64. The van der Waals surface area contributed by atoms with Crippen LogP contribution in [0.1, 0.15) is 15.2 Å². The zero-order valence-electron chi connectivity index (χ0n) is 11.0. The average Bonchev–Trinajstić information content (AvgIpc) is 2.83. The average molecular weight is 315 g/mol. The monoisotopic (exact) mass is 315 g/mol. The number of halogens is 3. The first-order valence-electron chi connectivity index (χ1n) is 6.01. The lowest BCUT2D eigenvalue weighted by Gasteiger charge is -2.13. The number of hydrogen-bond donors (Lipinski definition) is 1. The highest BCUT2D eigenvalue weighted by molar-refractivity contribution is 7.12. The second kappa shape index (κ2) is 6.17. The highest BCUT2D eigenvalue weighted by atomic mass is 32.1. The van der Waals surface area contributed by atoms with E-state index in [1.807, 2.05) is 0 Å². The van der Waals surface area contributed by atoms with Crippen LogP contribution in [0.2, 0.25) is 0 Å². The second-order valence-electron chi connectivity index (χ2n) is 4.29. The molecule has 1 amide bonds. The molecule has 1 aromatic carbocycles. The molecule has 0 atom stereocenters. The summed E-state index contributed by atoms with van der Waals surface area (Å²) in [5.41, 5.74) is 1.02. The van der Waals surface area contributed by atoms with Gasteiger partial charge in [-0.05, 0) is 36.1 Å². The molecule has 21 heavy (non-hydrogen) atoms. The van der Waals surface area contributed by atoms with Crippen LogP contribution in [0.4, 0.5) is 18.9 Å². The number of benzene rings is 1. The molecule has 2 rings (SSSR count). The molecular weight excluding hydrogens is 303 g/mol. The van der Waals surface area contributed by atoms with Gasteiger partial charge in [-0.3, -0.25) is 4.79 Å². The highest BCUT2D eigenvalue weighted by Gasteiger charge is 2.29. The zero-order valence-corrected chi connectivity index (χ0v) is 11.8. The smallest absolute Gasteiger partial charge is 0.422 e. The van der Waals surface area contributed by atoms with Crippen molar-refractivity contribution in [2.24, 2.45) is 0 Å². The Morgan fingerprint density at radius 2 is 2.00 bits per heavy atom. The molecule has 0 aliphatic carbocycles. The Morgan fingerprint density at radius 1 is 1.29 bits per heavy atom. The third-order valence-electron chi connectivity index (χ3n) is 2.59. The lowest BCUT2D eigenvalue weighted by Crippen LogP contribution is -2.20. The zero-order chi connectivity index (χ0) is 15.5. The quantitative estimate of drug-likeness (QED) is 0.916. The third kappa shape index (κ3) is 4.22. The van der Waals surface area contributed by atoms with E-state index in [0.717, 1.165) is 5.56 Å². The van der Waals surface area contributed by atoms with E-state index in [4.69, 9.17) is 4.74 Å². The van der Waals surface area contributed by atoms with Gasteiger partial charge in [0.15, 0.2) is 6.61 Å². The number of carbonyl (C=O) groups is 1. The third-order valence-corrected chi connectivity index (χ3v) is 3.61. The maximum Gasteiger partial charge on any atom is 0.422 e. The number of anilines is 1. The van der Waals surface area contributed by atoms with E-state index in [1.54, 1.807) is 24.4 Å². The number of alkyl halides is 3. The summed E-state index contributed by atoms with van der Waals surface area (Å²) in [6.45, 7) is 0.384. The Kier molecular flexibility index (Phi) is 4.52. The van der Waals surface area contributed by atoms with Crippen molar-refractivity contribution in [3.05, 3.63) is 46.2 Å². The molecule has 0 fully saturated rings. The van der Waals surface area contributed by atoms with E-state index < -0.39 is 12.8 Å². The number of rotatable bonds is 4. The summed E-state index contributed by atoms with van der Waals surface area (Å²) in [5.74, 6) is -0.386. The van der Waals surface area contributed by atoms with Gasteiger partial charge in [-0.1, -0.05) is 12.1 Å². The van der Waals surface area contributed by atoms with Gasteiger partial charge in [-0.25, -0.2) is 0 Å². The number of amides is 1. The Bertz CT molecular complexity index is 637. The molecule has 112 valence electrons. The van der Waals surface area contributed by atoms with Crippen LogP contribution >= 0.6 is 11.3 Å². The van der Waals surface area contributed by atoms with E-state index in [1.165, 1.54) is 29.5 Å². The van der Waals surface area contributed by atoms with Gasteiger partial charge in [-0.2, -0.15) is 13.2 Å². The van der Waals surface area contributed by atoms with Crippen molar-refractivity contribution in [1.29, 1.82) is 0 Å². The number of thiophene rings is 1. The van der Waals surface area contributed by atoms with Crippen LogP contribution in [0, 0.1) is 6.92 Å². The number of aryl methyl sites for hydroxylation is 1. The van der Waals surface area contributed by atoms with Crippen molar-refractivity contribution in [3.8, 4) is 5.75 Å². The van der Waals surface area contributed by atoms with E-state index in [9.17, 15) is 18.0 Å². The molecule has 0 aliphatic rings.